The zero-order chi connectivity index (χ0) is 23.5. The standard InChI is InChI=1S/C22H24N4O5S/c1-4-25(5-2)32(30,31)21-14-17(26(28)29)11-13-20(21)24-23-15(3)18-12-10-16-8-6-7-9-19(16)22(18)27/h6-14,24,27H,4-5H2,1-3H3/b23-15-. The molecule has 0 atom stereocenters. The normalized spacial score (nSPS) is 12.3. The number of hydrazone groups is 1. The average molecular weight is 457 g/mol. The van der Waals surface area contributed by atoms with Gasteiger partial charge in [-0.15, -0.1) is 0 Å². The lowest BCUT2D eigenvalue weighted by atomic mass is 10.0. The number of aromatic hydroxyl groups is 1. The first-order valence-electron chi connectivity index (χ1n) is 10.0. The number of phenols is 1. The van der Waals surface area contributed by atoms with Crippen LogP contribution in [0.1, 0.15) is 26.3 Å². The number of non-ortho nitro benzene ring substituents is 1. The predicted octanol–water partition coefficient (Wildman–Crippen LogP) is 4.32. The Morgan fingerprint density at radius 1 is 1.12 bits per heavy atom. The highest BCUT2D eigenvalue weighted by atomic mass is 32.2. The highest BCUT2D eigenvalue weighted by molar-refractivity contribution is 7.89. The van der Waals surface area contributed by atoms with Gasteiger partial charge in [-0.05, 0) is 24.4 Å². The van der Waals surface area contributed by atoms with Crippen molar-refractivity contribution in [3.05, 3.63) is 70.3 Å². The number of benzene rings is 3. The van der Waals surface area contributed by atoms with Crippen molar-refractivity contribution in [2.24, 2.45) is 5.10 Å². The number of rotatable bonds is 8. The third kappa shape index (κ3) is 4.41. The van der Waals surface area contributed by atoms with Crippen LogP contribution in [-0.4, -0.2) is 41.6 Å². The lowest BCUT2D eigenvalue weighted by Crippen LogP contribution is -2.31. The van der Waals surface area contributed by atoms with Crippen LogP contribution in [0.15, 0.2) is 64.6 Å². The van der Waals surface area contributed by atoms with Crippen LogP contribution in [0.5, 0.6) is 5.75 Å². The number of nitro benzene ring substituents is 1. The van der Waals surface area contributed by atoms with Crippen molar-refractivity contribution in [3.63, 3.8) is 0 Å². The zero-order valence-corrected chi connectivity index (χ0v) is 18.8. The molecule has 0 spiro atoms. The Bertz CT molecular complexity index is 1300. The third-order valence-corrected chi connectivity index (χ3v) is 7.22. The van der Waals surface area contributed by atoms with E-state index in [1.807, 2.05) is 24.3 Å². The molecule has 9 nitrogen and oxygen atoms in total. The van der Waals surface area contributed by atoms with E-state index in [0.29, 0.717) is 16.7 Å². The van der Waals surface area contributed by atoms with Crippen LogP contribution in [0, 0.1) is 10.1 Å². The first kappa shape index (κ1) is 23.2. The minimum Gasteiger partial charge on any atom is -0.507 e. The highest BCUT2D eigenvalue weighted by Gasteiger charge is 2.27. The lowest BCUT2D eigenvalue weighted by molar-refractivity contribution is -0.385. The molecule has 32 heavy (non-hydrogen) atoms. The van der Waals surface area contributed by atoms with Gasteiger partial charge in [0.2, 0.25) is 10.0 Å². The van der Waals surface area contributed by atoms with Gasteiger partial charge in [-0.25, -0.2) is 8.42 Å². The van der Waals surface area contributed by atoms with Gasteiger partial charge in [0.25, 0.3) is 5.69 Å². The summed E-state index contributed by atoms with van der Waals surface area (Å²) < 4.78 is 27.4. The first-order chi connectivity index (χ1) is 15.2. The van der Waals surface area contributed by atoms with E-state index in [2.05, 4.69) is 10.5 Å². The molecule has 0 aromatic heterocycles. The molecule has 0 bridgehead atoms. The Labute approximate surface area is 186 Å². The van der Waals surface area contributed by atoms with Crippen molar-refractivity contribution in [1.29, 1.82) is 0 Å². The van der Waals surface area contributed by atoms with E-state index in [0.717, 1.165) is 11.5 Å². The smallest absolute Gasteiger partial charge is 0.270 e. The predicted molar refractivity (Wildman–Crippen MR) is 125 cm³/mol. The quantitative estimate of drug-likeness (QED) is 0.295. The van der Waals surface area contributed by atoms with Gasteiger partial charge in [0, 0.05) is 36.2 Å². The minimum absolute atomic E-state index is 0.0610. The monoisotopic (exact) mass is 456 g/mol. The molecule has 3 aromatic rings. The van der Waals surface area contributed by atoms with Gasteiger partial charge >= 0.3 is 0 Å². The van der Waals surface area contributed by atoms with E-state index in [4.69, 9.17) is 0 Å². The number of hydrogen-bond donors (Lipinski definition) is 2. The molecular formula is C22H24N4O5S. The van der Waals surface area contributed by atoms with Crippen molar-refractivity contribution in [3.8, 4) is 5.75 Å². The number of nitrogens with one attached hydrogen (secondary N) is 1. The minimum atomic E-state index is -3.99. The van der Waals surface area contributed by atoms with Crippen LogP contribution in [0.4, 0.5) is 11.4 Å². The number of fused-ring (bicyclic) bond motifs is 1. The largest absolute Gasteiger partial charge is 0.507 e. The van der Waals surface area contributed by atoms with E-state index in [1.54, 1.807) is 32.9 Å². The summed E-state index contributed by atoms with van der Waals surface area (Å²) in [4.78, 5) is 10.3. The number of anilines is 1. The fourth-order valence-electron chi connectivity index (χ4n) is 3.38. The second kappa shape index (κ2) is 9.33. The van der Waals surface area contributed by atoms with Crippen molar-refractivity contribution in [1.82, 2.24) is 4.31 Å². The summed E-state index contributed by atoms with van der Waals surface area (Å²) in [5.74, 6) is 0.0610. The van der Waals surface area contributed by atoms with Crippen LogP contribution in [-0.2, 0) is 10.0 Å². The fraction of sp³-hybridized carbons (Fsp3) is 0.227. The summed E-state index contributed by atoms with van der Waals surface area (Å²) in [7, 11) is -3.99. The molecule has 0 amide bonds. The van der Waals surface area contributed by atoms with Gasteiger partial charge in [0.1, 0.15) is 10.6 Å². The van der Waals surface area contributed by atoms with E-state index >= 15 is 0 Å². The zero-order valence-electron chi connectivity index (χ0n) is 17.9. The number of sulfonamides is 1. The van der Waals surface area contributed by atoms with E-state index in [1.165, 1.54) is 16.4 Å². The first-order valence-corrected chi connectivity index (χ1v) is 11.4. The highest BCUT2D eigenvalue weighted by Crippen LogP contribution is 2.31. The summed E-state index contributed by atoms with van der Waals surface area (Å²) in [6, 6.07) is 14.5. The molecule has 3 rings (SSSR count). The molecule has 0 fully saturated rings. The Hall–Kier alpha value is -3.50. The summed E-state index contributed by atoms with van der Waals surface area (Å²) in [6.45, 7) is 5.48. The Morgan fingerprint density at radius 2 is 1.81 bits per heavy atom. The van der Waals surface area contributed by atoms with Crippen LogP contribution in [0.25, 0.3) is 10.8 Å². The molecule has 0 saturated heterocycles. The van der Waals surface area contributed by atoms with E-state index < -0.39 is 14.9 Å². The maximum Gasteiger partial charge on any atom is 0.270 e. The summed E-state index contributed by atoms with van der Waals surface area (Å²) in [6.07, 6.45) is 0. The molecule has 0 radical (unpaired) electrons. The molecular weight excluding hydrogens is 432 g/mol. The summed E-state index contributed by atoms with van der Waals surface area (Å²) in [5, 5.41) is 27.7. The van der Waals surface area contributed by atoms with Crippen LogP contribution >= 0.6 is 0 Å². The van der Waals surface area contributed by atoms with Crippen molar-refractivity contribution < 1.29 is 18.4 Å². The van der Waals surface area contributed by atoms with Gasteiger partial charge in [0.15, 0.2) is 0 Å². The Kier molecular flexibility index (Phi) is 6.75. The van der Waals surface area contributed by atoms with Crippen molar-refractivity contribution >= 4 is 37.9 Å². The Balaban J connectivity index is 2.04. The molecule has 3 aromatic carbocycles. The summed E-state index contributed by atoms with van der Waals surface area (Å²) in [5.41, 5.74) is 3.36. The summed E-state index contributed by atoms with van der Waals surface area (Å²) >= 11 is 0. The number of phenolic OH excluding ortho intramolecular Hbond substituents is 1. The van der Waals surface area contributed by atoms with Gasteiger partial charge in [0.05, 0.1) is 16.3 Å². The molecule has 2 N–H and O–H groups in total. The second-order valence-electron chi connectivity index (χ2n) is 7.02. The van der Waals surface area contributed by atoms with Crippen LogP contribution in [0.2, 0.25) is 0 Å². The van der Waals surface area contributed by atoms with Crippen molar-refractivity contribution in [2.45, 2.75) is 25.7 Å². The van der Waals surface area contributed by atoms with Gasteiger partial charge in [-0.2, -0.15) is 9.41 Å². The SMILES string of the molecule is CCN(CC)S(=O)(=O)c1cc([N+](=O)[O-])ccc1N/N=C(/C)c1ccc2ccccc2c1O. The fourth-order valence-corrected chi connectivity index (χ4v) is 5.00. The van der Waals surface area contributed by atoms with E-state index in [9.17, 15) is 23.6 Å². The van der Waals surface area contributed by atoms with Crippen LogP contribution in [0.3, 0.4) is 0 Å². The lowest BCUT2D eigenvalue weighted by Gasteiger charge is -2.20. The molecule has 0 aliphatic carbocycles. The van der Waals surface area contributed by atoms with E-state index in [-0.39, 0.29) is 35.1 Å². The maximum atomic E-state index is 13.1. The molecule has 0 aliphatic heterocycles. The average Bonchev–Trinajstić information content (AvgIpc) is 2.78. The van der Waals surface area contributed by atoms with Crippen molar-refractivity contribution in [2.75, 3.05) is 18.5 Å². The molecule has 168 valence electrons. The maximum absolute atomic E-state index is 13.1. The molecule has 0 saturated carbocycles. The van der Waals surface area contributed by atoms with Gasteiger partial charge in [-0.1, -0.05) is 44.2 Å². The number of nitrogens with zero attached hydrogens (tertiary/aromatic N) is 3. The van der Waals surface area contributed by atoms with Gasteiger partial charge in [-0.3, -0.25) is 15.5 Å². The number of nitro groups is 1. The van der Waals surface area contributed by atoms with Gasteiger partial charge < -0.3 is 5.11 Å². The van der Waals surface area contributed by atoms with Crippen LogP contribution < -0.4 is 5.43 Å². The Morgan fingerprint density at radius 3 is 2.47 bits per heavy atom. The number of hydrogen-bond acceptors (Lipinski definition) is 7. The molecule has 0 heterocycles. The molecule has 0 unspecified atom stereocenters. The second-order valence-corrected chi connectivity index (χ2v) is 8.93. The third-order valence-electron chi connectivity index (χ3n) is 5.13. The molecule has 10 heteroatoms. The topological polar surface area (TPSA) is 125 Å². The molecule has 0 aliphatic rings.